The molecule has 0 spiro atoms. The SMILES string of the molecule is CCCc1ccc(C(=O)NCCCN2CCCC2=O)cc1. The van der Waals surface area contributed by atoms with Crippen LogP contribution in [0.1, 0.15) is 48.5 Å². The average molecular weight is 288 g/mol. The summed E-state index contributed by atoms with van der Waals surface area (Å²) in [7, 11) is 0. The van der Waals surface area contributed by atoms with Crippen LogP contribution in [-0.2, 0) is 11.2 Å². The molecule has 114 valence electrons. The van der Waals surface area contributed by atoms with Gasteiger partial charge in [-0.3, -0.25) is 9.59 Å². The smallest absolute Gasteiger partial charge is 0.251 e. The summed E-state index contributed by atoms with van der Waals surface area (Å²) < 4.78 is 0. The molecule has 0 atom stereocenters. The Morgan fingerprint density at radius 1 is 1.29 bits per heavy atom. The molecule has 0 saturated carbocycles. The van der Waals surface area contributed by atoms with Crippen LogP contribution in [-0.4, -0.2) is 36.3 Å². The zero-order chi connectivity index (χ0) is 15.1. The summed E-state index contributed by atoms with van der Waals surface area (Å²) in [5.74, 6) is 0.207. The summed E-state index contributed by atoms with van der Waals surface area (Å²) >= 11 is 0. The van der Waals surface area contributed by atoms with Crippen molar-refractivity contribution in [2.24, 2.45) is 0 Å². The Kier molecular flexibility index (Phi) is 5.78. The Morgan fingerprint density at radius 3 is 2.67 bits per heavy atom. The lowest BCUT2D eigenvalue weighted by molar-refractivity contribution is -0.127. The molecule has 4 heteroatoms. The lowest BCUT2D eigenvalue weighted by atomic mass is 10.1. The molecule has 1 fully saturated rings. The third kappa shape index (κ3) is 4.59. The minimum absolute atomic E-state index is 0.0363. The van der Waals surface area contributed by atoms with E-state index in [1.807, 2.05) is 29.2 Å². The molecule has 1 aromatic rings. The van der Waals surface area contributed by atoms with E-state index in [1.54, 1.807) is 0 Å². The average Bonchev–Trinajstić information content (AvgIpc) is 2.90. The zero-order valence-corrected chi connectivity index (χ0v) is 12.7. The first-order valence-corrected chi connectivity index (χ1v) is 7.85. The highest BCUT2D eigenvalue weighted by atomic mass is 16.2. The zero-order valence-electron chi connectivity index (χ0n) is 12.7. The molecule has 2 amide bonds. The summed E-state index contributed by atoms with van der Waals surface area (Å²) in [6.45, 7) is 4.37. The van der Waals surface area contributed by atoms with E-state index in [1.165, 1.54) is 5.56 Å². The van der Waals surface area contributed by atoms with E-state index >= 15 is 0 Å². The number of carbonyl (C=O) groups is 2. The normalized spacial score (nSPS) is 14.5. The highest BCUT2D eigenvalue weighted by molar-refractivity contribution is 5.94. The molecule has 2 rings (SSSR count). The number of hydrogen-bond acceptors (Lipinski definition) is 2. The highest BCUT2D eigenvalue weighted by Crippen LogP contribution is 2.09. The first-order valence-electron chi connectivity index (χ1n) is 7.85. The maximum atomic E-state index is 12.0. The van der Waals surface area contributed by atoms with Crippen molar-refractivity contribution in [2.75, 3.05) is 19.6 Å². The first kappa shape index (κ1) is 15.5. The van der Waals surface area contributed by atoms with Gasteiger partial charge in [0.1, 0.15) is 0 Å². The number of nitrogens with one attached hydrogen (secondary N) is 1. The summed E-state index contributed by atoms with van der Waals surface area (Å²) in [4.78, 5) is 25.3. The number of hydrogen-bond donors (Lipinski definition) is 1. The van der Waals surface area contributed by atoms with Crippen molar-refractivity contribution in [1.29, 1.82) is 0 Å². The lowest BCUT2D eigenvalue weighted by Crippen LogP contribution is -2.30. The molecule has 21 heavy (non-hydrogen) atoms. The van der Waals surface area contributed by atoms with Crippen LogP contribution < -0.4 is 5.32 Å². The number of carbonyl (C=O) groups excluding carboxylic acids is 2. The molecule has 0 unspecified atom stereocenters. The van der Waals surface area contributed by atoms with Crippen molar-refractivity contribution < 1.29 is 9.59 Å². The fourth-order valence-corrected chi connectivity index (χ4v) is 2.63. The number of likely N-dealkylation sites (tertiary alicyclic amines) is 1. The molecular formula is C17H24N2O2. The third-order valence-electron chi connectivity index (χ3n) is 3.82. The van der Waals surface area contributed by atoms with Crippen molar-refractivity contribution in [2.45, 2.75) is 39.0 Å². The minimum Gasteiger partial charge on any atom is -0.352 e. The maximum Gasteiger partial charge on any atom is 0.251 e. The van der Waals surface area contributed by atoms with Crippen LogP contribution in [0.5, 0.6) is 0 Å². The second kappa shape index (κ2) is 7.81. The fraction of sp³-hybridized carbons (Fsp3) is 0.529. The van der Waals surface area contributed by atoms with E-state index in [0.717, 1.165) is 38.8 Å². The van der Waals surface area contributed by atoms with Crippen LogP contribution in [0.3, 0.4) is 0 Å². The van der Waals surface area contributed by atoms with Crippen molar-refractivity contribution in [3.63, 3.8) is 0 Å². The molecule has 1 saturated heterocycles. The van der Waals surface area contributed by atoms with Crippen LogP contribution in [0.2, 0.25) is 0 Å². The topological polar surface area (TPSA) is 49.4 Å². The molecule has 0 aliphatic carbocycles. The monoisotopic (exact) mass is 288 g/mol. The molecule has 1 aliphatic rings. The predicted octanol–water partition coefficient (Wildman–Crippen LogP) is 2.38. The molecule has 0 bridgehead atoms. The summed E-state index contributed by atoms with van der Waals surface area (Å²) in [6, 6.07) is 7.79. The molecule has 1 aromatic carbocycles. The third-order valence-corrected chi connectivity index (χ3v) is 3.82. The Bertz CT molecular complexity index is 482. The van der Waals surface area contributed by atoms with E-state index in [2.05, 4.69) is 12.2 Å². The van der Waals surface area contributed by atoms with Gasteiger partial charge in [0, 0.05) is 31.6 Å². The molecule has 0 aromatic heterocycles. The molecule has 1 aliphatic heterocycles. The summed E-state index contributed by atoms with van der Waals surface area (Å²) in [5.41, 5.74) is 1.97. The van der Waals surface area contributed by atoms with E-state index < -0.39 is 0 Å². The Balaban J connectivity index is 1.70. The number of nitrogens with zero attached hydrogens (tertiary/aromatic N) is 1. The lowest BCUT2D eigenvalue weighted by Gasteiger charge is -2.15. The van der Waals surface area contributed by atoms with Gasteiger partial charge in [-0.15, -0.1) is 0 Å². The van der Waals surface area contributed by atoms with Crippen molar-refractivity contribution >= 4 is 11.8 Å². The van der Waals surface area contributed by atoms with Crippen LogP contribution >= 0.6 is 0 Å². The molecule has 1 heterocycles. The maximum absolute atomic E-state index is 12.0. The highest BCUT2D eigenvalue weighted by Gasteiger charge is 2.19. The molecule has 4 nitrogen and oxygen atoms in total. The number of rotatable bonds is 7. The number of benzene rings is 1. The second-order valence-electron chi connectivity index (χ2n) is 5.54. The van der Waals surface area contributed by atoms with Gasteiger partial charge in [-0.05, 0) is 37.0 Å². The van der Waals surface area contributed by atoms with E-state index in [0.29, 0.717) is 18.5 Å². The Morgan fingerprint density at radius 2 is 2.05 bits per heavy atom. The van der Waals surface area contributed by atoms with Gasteiger partial charge < -0.3 is 10.2 Å². The first-order chi connectivity index (χ1) is 10.2. The fourth-order valence-electron chi connectivity index (χ4n) is 2.63. The van der Waals surface area contributed by atoms with Gasteiger partial charge in [-0.2, -0.15) is 0 Å². The van der Waals surface area contributed by atoms with E-state index in [4.69, 9.17) is 0 Å². The van der Waals surface area contributed by atoms with Gasteiger partial charge >= 0.3 is 0 Å². The largest absolute Gasteiger partial charge is 0.352 e. The van der Waals surface area contributed by atoms with Crippen molar-refractivity contribution in [1.82, 2.24) is 10.2 Å². The van der Waals surface area contributed by atoms with Crippen molar-refractivity contribution in [3.05, 3.63) is 35.4 Å². The predicted molar refractivity (Wildman–Crippen MR) is 83.2 cm³/mol. The van der Waals surface area contributed by atoms with Gasteiger partial charge in [0.15, 0.2) is 0 Å². The van der Waals surface area contributed by atoms with Gasteiger partial charge in [0.05, 0.1) is 0 Å². The van der Waals surface area contributed by atoms with Crippen LogP contribution in [0.15, 0.2) is 24.3 Å². The van der Waals surface area contributed by atoms with Crippen LogP contribution in [0, 0.1) is 0 Å². The molecular weight excluding hydrogens is 264 g/mol. The van der Waals surface area contributed by atoms with Crippen molar-refractivity contribution in [3.8, 4) is 0 Å². The van der Waals surface area contributed by atoms with Gasteiger partial charge in [-0.1, -0.05) is 25.5 Å². The van der Waals surface area contributed by atoms with Crippen LogP contribution in [0.4, 0.5) is 0 Å². The summed E-state index contributed by atoms with van der Waals surface area (Å²) in [5, 5.41) is 2.91. The van der Waals surface area contributed by atoms with Gasteiger partial charge in [0.2, 0.25) is 5.91 Å². The number of amides is 2. The van der Waals surface area contributed by atoms with Gasteiger partial charge in [0.25, 0.3) is 5.91 Å². The second-order valence-corrected chi connectivity index (χ2v) is 5.54. The quantitative estimate of drug-likeness (QED) is 0.783. The van der Waals surface area contributed by atoms with E-state index in [9.17, 15) is 9.59 Å². The summed E-state index contributed by atoms with van der Waals surface area (Å²) in [6.07, 6.45) is 4.61. The van der Waals surface area contributed by atoms with Crippen LogP contribution in [0.25, 0.3) is 0 Å². The minimum atomic E-state index is -0.0363. The van der Waals surface area contributed by atoms with Gasteiger partial charge in [-0.25, -0.2) is 0 Å². The van der Waals surface area contributed by atoms with E-state index in [-0.39, 0.29) is 11.8 Å². The molecule has 0 radical (unpaired) electrons. The standard InChI is InChI=1S/C17H24N2O2/c1-2-5-14-7-9-15(10-8-14)17(21)18-11-4-13-19-12-3-6-16(19)20/h7-10H,2-6,11-13H2,1H3,(H,18,21). The Hall–Kier alpha value is -1.84. The number of aryl methyl sites for hydroxylation is 1. The molecule has 1 N–H and O–H groups in total. The Labute approximate surface area is 126 Å².